The molecule has 136 valence electrons. The minimum absolute atomic E-state index is 0.0825. The van der Waals surface area contributed by atoms with Gasteiger partial charge in [-0.05, 0) is 19.1 Å². The lowest BCUT2D eigenvalue weighted by atomic mass is 10.2. The lowest BCUT2D eigenvalue weighted by molar-refractivity contribution is -0.526. The molecule has 0 aliphatic rings. The number of nitrogens with zero attached hydrogens (tertiary/aromatic N) is 3. The second-order valence-electron chi connectivity index (χ2n) is 5.59. The standard InChI is InChI=1S/C18H21N4O4/c1-12(19)13(2)21(16-7-5-6-8-17(16)25-3)20-15-10-9-14(22(23)24)11-18(15)26-4/h5-11,13,19H,1-4H3/q+1. The molecule has 0 aromatic heterocycles. The highest BCUT2D eigenvalue weighted by Crippen LogP contribution is 2.35. The zero-order valence-electron chi connectivity index (χ0n) is 15.1. The maximum absolute atomic E-state index is 11.0. The third kappa shape index (κ3) is 4.02. The van der Waals surface area contributed by atoms with E-state index in [4.69, 9.17) is 14.9 Å². The molecule has 0 aliphatic carbocycles. The molecular weight excluding hydrogens is 336 g/mol. The van der Waals surface area contributed by atoms with Gasteiger partial charge in [0.25, 0.3) is 11.4 Å². The van der Waals surface area contributed by atoms with Crippen LogP contribution >= 0.6 is 0 Å². The Labute approximate surface area is 151 Å². The first kappa shape index (κ1) is 19.0. The SMILES string of the molecule is COc1cc([N+](=O)[O-])ccc1N=[N+](c1ccccc1OC)C(C)C(C)=N. The smallest absolute Gasteiger partial charge is 0.274 e. The largest absolute Gasteiger partial charge is 0.494 e. The van der Waals surface area contributed by atoms with Crippen LogP contribution in [0.1, 0.15) is 13.8 Å². The molecule has 0 radical (unpaired) electrons. The number of para-hydroxylation sites is 2. The molecule has 26 heavy (non-hydrogen) atoms. The Morgan fingerprint density at radius 3 is 2.38 bits per heavy atom. The lowest BCUT2D eigenvalue weighted by Crippen LogP contribution is -2.25. The van der Waals surface area contributed by atoms with Crippen molar-refractivity contribution < 1.29 is 19.1 Å². The summed E-state index contributed by atoms with van der Waals surface area (Å²) in [6, 6.07) is 11.2. The summed E-state index contributed by atoms with van der Waals surface area (Å²) in [7, 11) is 2.99. The molecule has 0 saturated heterocycles. The molecular formula is C18H21N4O4+. The van der Waals surface area contributed by atoms with Crippen LogP contribution in [0, 0.1) is 15.5 Å². The van der Waals surface area contributed by atoms with Crippen molar-refractivity contribution in [2.75, 3.05) is 14.2 Å². The van der Waals surface area contributed by atoms with Crippen molar-refractivity contribution in [1.29, 1.82) is 5.41 Å². The quantitative estimate of drug-likeness (QED) is 0.260. The van der Waals surface area contributed by atoms with Crippen molar-refractivity contribution in [3.05, 3.63) is 52.6 Å². The topological polar surface area (TPSA) is 101 Å². The molecule has 0 heterocycles. The first-order valence-corrected chi connectivity index (χ1v) is 7.90. The monoisotopic (exact) mass is 357 g/mol. The molecule has 2 aromatic rings. The third-order valence-corrected chi connectivity index (χ3v) is 3.92. The van der Waals surface area contributed by atoms with E-state index in [1.54, 1.807) is 24.8 Å². The Morgan fingerprint density at radius 1 is 1.15 bits per heavy atom. The van der Waals surface area contributed by atoms with E-state index in [-0.39, 0.29) is 17.5 Å². The highest BCUT2D eigenvalue weighted by Gasteiger charge is 2.27. The summed E-state index contributed by atoms with van der Waals surface area (Å²) < 4.78 is 12.3. The number of nitro benzene ring substituents is 1. The molecule has 0 amide bonds. The number of nitrogens with one attached hydrogen (secondary N) is 1. The Kier molecular flexibility index (Phi) is 6.00. The zero-order valence-corrected chi connectivity index (χ0v) is 15.1. The van der Waals surface area contributed by atoms with Crippen LogP contribution in [-0.4, -0.2) is 35.6 Å². The van der Waals surface area contributed by atoms with E-state index >= 15 is 0 Å². The molecule has 1 atom stereocenters. The molecule has 0 saturated carbocycles. The van der Waals surface area contributed by atoms with Crippen molar-refractivity contribution >= 4 is 22.8 Å². The van der Waals surface area contributed by atoms with Crippen LogP contribution in [0.25, 0.3) is 0 Å². The van der Waals surface area contributed by atoms with Crippen molar-refractivity contribution in [2.45, 2.75) is 19.9 Å². The number of rotatable bonds is 7. The predicted molar refractivity (Wildman–Crippen MR) is 97.5 cm³/mol. The molecule has 2 aromatic carbocycles. The number of ether oxygens (including phenoxy) is 2. The van der Waals surface area contributed by atoms with Gasteiger partial charge in [-0.15, -0.1) is 0 Å². The number of hydrogen-bond donors (Lipinski definition) is 1. The fourth-order valence-electron chi connectivity index (χ4n) is 2.33. The average molecular weight is 357 g/mol. The van der Waals surface area contributed by atoms with Gasteiger partial charge in [-0.25, -0.2) is 0 Å². The summed E-state index contributed by atoms with van der Waals surface area (Å²) in [5, 5.41) is 23.6. The summed E-state index contributed by atoms with van der Waals surface area (Å²) in [6.07, 6.45) is 0. The van der Waals surface area contributed by atoms with Crippen LogP contribution in [-0.2, 0) is 0 Å². The van der Waals surface area contributed by atoms with Crippen LogP contribution in [0.15, 0.2) is 47.6 Å². The average Bonchev–Trinajstić information content (AvgIpc) is 2.65. The summed E-state index contributed by atoms with van der Waals surface area (Å²) in [5.74, 6) is 0.874. The van der Waals surface area contributed by atoms with Crippen molar-refractivity contribution in [3.8, 4) is 11.5 Å². The maximum atomic E-state index is 11.0. The van der Waals surface area contributed by atoms with Crippen LogP contribution in [0.3, 0.4) is 0 Å². The van der Waals surface area contributed by atoms with Gasteiger partial charge in [-0.3, -0.25) is 10.1 Å². The highest BCUT2D eigenvalue weighted by molar-refractivity contribution is 5.82. The number of non-ortho nitro benzene ring substituents is 1. The van der Waals surface area contributed by atoms with Crippen LogP contribution < -0.4 is 9.47 Å². The molecule has 0 fully saturated rings. The highest BCUT2D eigenvalue weighted by atomic mass is 16.6. The number of nitro groups is 1. The first-order valence-electron chi connectivity index (χ1n) is 7.90. The number of hydrogen-bond acceptors (Lipinski definition) is 6. The Balaban J connectivity index is 2.66. The van der Waals surface area contributed by atoms with Gasteiger partial charge in [0.05, 0.1) is 30.9 Å². The first-order chi connectivity index (χ1) is 12.4. The van der Waals surface area contributed by atoms with E-state index in [1.807, 2.05) is 25.1 Å². The Morgan fingerprint density at radius 2 is 1.81 bits per heavy atom. The summed E-state index contributed by atoms with van der Waals surface area (Å²) in [5.41, 5.74) is 1.41. The van der Waals surface area contributed by atoms with Crippen molar-refractivity contribution in [1.82, 2.24) is 0 Å². The summed E-state index contributed by atoms with van der Waals surface area (Å²) in [4.78, 5) is 10.5. The van der Waals surface area contributed by atoms with E-state index in [2.05, 4.69) is 5.11 Å². The fourth-order valence-corrected chi connectivity index (χ4v) is 2.33. The van der Waals surface area contributed by atoms with Crippen molar-refractivity contribution in [3.63, 3.8) is 0 Å². The third-order valence-electron chi connectivity index (χ3n) is 3.92. The van der Waals surface area contributed by atoms with Gasteiger partial charge in [0.15, 0.2) is 17.2 Å². The molecule has 0 aliphatic heterocycles. The Hall–Kier alpha value is -3.29. The second kappa shape index (κ2) is 8.19. The van der Waals surface area contributed by atoms with E-state index in [1.165, 1.54) is 25.3 Å². The normalized spacial score (nSPS) is 12.4. The molecule has 8 heteroatoms. The lowest BCUT2D eigenvalue weighted by Gasteiger charge is -2.11. The van der Waals surface area contributed by atoms with Gasteiger partial charge >= 0.3 is 0 Å². The molecule has 1 N–H and O–H groups in total. The maximum Gasteiger partial charge on any atom is 0.274 e. The molecule has 0 bridgehead atoms. The predicted octanol–water partition coefficient (Wildman–Crippen LogP) is 4.47. The van der Waals surface area contributed by atoms with Crippen molar-refractivity contribution in [2.24, 2.45) is 5.11 Å². The van der Waals surface area contributed by atoms with E-state index < -0.39 is 4.92 Å². The van der Waals surface area contributed by atoms with Gasteiger partial charge in [0.2, 0.25) is 6.04 Å². The Bertz CT molecular complexity index is 864. The number of azo groups is 2. The molecule has 8 nitrogen and oxygen atoms in total. The molecule has 0 spiro atoms. The summed E-state index contributed by atoms with van der Waals surface area (Å²) in [6.45, 7) is 3.53. The van der Waals surface area contributed by atoms with Gasteiger partial charge in [0, 0.05) is 24.2 Å². The number of methoxy groups -OCH3 is 2. The van der Waals surface area contributed by atoms with E-state index in [0.29, 0.717) is 22.8 Å². The zero-order chi connectivity index (χ0) is 19.3. The minimum Gasteiger partial charge on any atom is -0.494 e. The van der Waals surface area contributed by atoms with Gasteiger partial charge in [0.1, 0.15) is 0 Å². The molecule has 1 unspecified atom stereocenters. The van der Waals surface area contributed by atoms with Gasteiger partial charge in [-0.2, -0.15) is 0 Å². The van der Waals surface area contributed by atoms with Crippen LogP contribution in [0.5, 0.6) is 11.5 Å². The number of benzene rings is 2. The van der Waals surface area contributed by atoms with Gasteiger partial charge in [-0.1, -0.05) is 16.8 Å². The van der Waals surface area contributed by atoms with E-state index in [9.17, 15) is 10.1 Å². The fraction of sp³-hybridized carbons (Fsp3) is 0.278. The second-order valence-corrected chi connectivity index (χ2v) is 5.59. The van der Waals surface area contributed by atoms with Crippen LogP contribution in [0.2, 0.25) is 0 Å². The van der Waals surface area contributed by atoms with Crippen LogP contribution in [0.4, 0.5) is 17.1 Å². The van der Waals surface area contributed by atoms with Gasteiger partial charge < -0.3 is 14.9 Å². The minimum atomic E-state index is -0.491. The summed E-state index contributed by atoms with van der Waals surface area (Å²) >= 11 is 0. The molecule has 2 rings (SSSR count). The van der Waals surface area contributed by atoms with E-state index in [0.717, 1.165) is 0 Å².